The molecule has 1 fully saturated rings. The molecule has 70 valence electrons. The van der Waals surface area contributed by atoms with Gasteiger partial charge >= 0.3 is 5.97 Å². The number of methoxy groups -OCH3 is 1. The van der Waals surface area contributed by atoms with Crippen molar-refractivity contribution in [3.05, 3.63) is 0 Å². The monoisotopic (exact) mass is 172 g/mol. The molecular formula is C9H16O3. The fourth-order valence-electron chi connectivity index (χ4n) is 1.41. The van der Waals surface area contributed by atoms with E-state index < -0.39 is 0 Å². The second-order valence-corrected chi connectivity index (χ2v) is 3.40. The summed E-state index contributed by atoms with van der Waals surface area (Å²) in [5, 5.41) is 0. The van der Waals surface area contributed by atoms with Crippen molar-refractivity contribution in [2.24, 2.45) is 17.8 Å². The second kappa shape index (κ2) is 3.90. The van der Waals surface area contributed by atoms with Gasteiger partial charge in [-0.1, -0.05) is 13.8 Å². The van der Waals surface area contributed by atoms with Gasteiger partial charge in [-0.3, -0.25) is 4.79 Å². The molecule has 0 heterocycles. The first-order valence-corrected chi connectivity index (χ1v) is 4.34. The van der Waals surface area contributed by atoms with Gasteiger partial charge in [0.1, 0.15) is 6.61 Å². The highest BCUT2D eigenvalue weighted by atomic mass is 16.6. The quantitative estimate of drug-likeness (QED) is 0.470. The zero-order valence-electron chi connectivity index (χ0n) is 7.87. The third kappa shape index (κ3) is 1.97. The van der Waals surface area contributed by atoms with Gasteiger partial charge in [0.15, 0.2) is 0 Å². The first-order chi connectivity index (χ1) is 5.68. The van der Waals surface area contributed by atoms with E-state index in [4.69, 9.17) is 9.47 Å². The highest BCUT2D eigenvalue weighted by molar-refractivity contribution is 5.76. The van der Waals surface area contributed by atoms with Crippen LogP contribution in [0.5, 0.6) is 0 Å². The fraction of sp³-hybridized carbons (Fsp3) is 0.889. The molecule has 1 aliphatic carbocycles. The summed E-state index contributed by atoms with van der Waals surface area (Å²) in [4.78, 5) is 11.2. The van der Waals surface area contributed by atoms with E-state index in [1.54, 1.807) is 7.11 Å². The van der Waals surface area contributed by atoms with Gasteiger partial charge in [0.2, 0.25) is 0 Å². The first-order valence-electron chi connectivity index (χ1n) is 4.34. The Morgan fingerprint density at radius 3 is 2.25 bits per heavy atom. The lowest BCUT2D eigenvalue weighted by Crippen LogP contribution is -2.12. The Bertz CT molecular complexity index is 159. The van der Waals surface area contributed by atoms with Crippen LogP contribution < -0.4 is 0 Å². The van der Waals surface area contributed by atoms with E-state index in [9.17, 15) is 4.79 Å². The molecule has 2 unspecified atom stereocenters. The van der Waals surface area contributed by atoms with Gasteiger partial charge < -0.3 is 9.47 Å². The van der Waals surface area contributed by atoms with E-state index in [0.717, 1.165) is 0 Å². The maximum atomic E-state index is 11.2. The van der Waals surface area contributed by atoms with Crippen LogP contribution >= 0.6 is 0 Å². The van der Waals surface area contributed by atoms with Crippen molar-refractivity contribution in [2.45, 2.75) is 13.8 Å². The summed E-state index contributed by atoms with van der Waals surface area (Å²) in [7, 11) is 1.59. The summed E-state index contributed by atoms with van der Waals surface area (Å²) in [6, 6.07) is 0. The van der Waals surface area contributed by atoms with Crippen LogP contribution in [0.4, 0.5) is 0 Å². The Labute approximate surface area is 73.0 Å². The Morgan fingerprint density at radius 1 is 1.25 bits per heavy atom. The number of esters is 1. The Hall–Kier alpha value is -0.570. The van der Waals surface area contributed by atoms with Crippen LogP contribution in [0.2, 0.25) is 0 Å². The minimum atomic E-state index is -0.0629. The molecule has 0 amide bonds. The molecule has 1 saturated carbocycles. The molecule has 0 bridgehead atoms. The minimum absolute atomic E-state index is 0.0629. The predicted octanol–water partition coefficient (Wildman–Crippen LogP) is 1.08. The normalized spacial score (nSPS) is 33.1. The zero-order chi connectivity index (χ0) is 9.14. The van der Waals surface area contributed by atoms with Crippen molar-refractivity contribution in [1.29, 1.82) is 0 Å². The van der Waals surface area contributed by atoms with Gasteiger partial charge in [-0.25, -0.2) is 0 Å². The lowest BCUT2D eigenvalue weighted by Gasteiger charge is -2.02. The highest BCUT2D eigenvalue weighted by Gasteiger charge is 2.49. The van der Waals surface area contributed by atoms with Gasteiger partial charge in [-0.2, -0.15) is 0 Å². The van der Waals surface area contributed by atoms with E-state index in [1.165, 1.54) is 0 Å². The molecule has 2 atom stereocenters. The SMILES string of the molecule is COCCOC(=O)C1C(C)C1C. The van der Waals surface area contributed by atoms with Crippen LogP contribution in [-0.2, 0) is 14.3 Å². The molecule has 0 aromatic carbocycles. The minimum Gasteiger partial charge on any atom is -0.463 e. The fourth-order valence-corrected chi connectivity index (χ4v) is 1.41. The molecule has 3 nitrogen and oxygen atoms in total. The Morgan fingerprint density at radius 2 is 1.83 bits per heavy atom. The van der Waals surface area contributed by atoms with Crippen LogP contribution in [-0.4, -0.2) is 26.3 Å². The maximum absolute atomic E-state index is 11.2. The maximum Gasteiger partial charge on any atom is 0.309 e. The van der Waals surface area contributed by atoms with E-state index in [1.807, 2.05) is 0 Å². The third-order valence-electron chi connectivity index (χ3n) is 2.63. The molecule has 0 saturated heterocycles. The molecule has 1 aliphatic rings. The van der Waals surface area contributed by atoms with E-state index in [0.29, 0.717) is 25.0 Å². The molecule has 3 heteroatoms. The van der Waals surface area contributed by atoms with Crippen LogP contribution in [0.25, 0.3) is 0 Å². The molecule has 0 spiro atoms. The van der Waals surface area contributed by atoms with Crippen molar-refractivity contribution in [1.82, 2.24) is 0 Å². The lowest BCUT2D eigenvalue weighted by atomic mass is 10.3. The third-order valence-corrected chi connectivity index (χ3v) is 2.63. The number of hydrogen-bond acceptors (Lipinski definition) is 3. The van der Waals surface area contributed by atoms with Crippen molar-refractivity contribution in [2.75, 3.05) is 20.3 Å². The number of carbonyl (C=O) groups is 1. The lowest BCUT2D eigenvalue weighted by molar-refractivity contribution is -0.147. The molecular weight excluding hydrogens is 156 g/mol. The van der Waals surface area contributed by atoms with Crippen LogP contribution in [0, 0.1) is 17.8 Å². The average Bonchev–Trinajstić information content (AvgIpc) is 2.61. The van der Waals surface area contributed by atoms with Gasteiger partial charge in [0, 0.05) is 7.11 Å². The standard InChI is InChI=1S/C9H16O3/c1-6-7(2)8(6)9(10)12-5-4-11-3/h6-8H,4-5H2,1-3H3. The Balaban J connectivity index is 2.13. The van der Waals surface area contributed by atoms with E-state index in [2.05, 4.69) is 13.8 Å². The topological polar surface area (TPSA) is 35.5 Å². The molecule has 1 rings (SSSR count). The largest absolute Gasteiger partial charge is 0.463 e. The summed E-state index contributed by atoms with van der Waals surface area (Å²) in [6.45, 7) is 5.02. The van der Waals surface area contributed by atoms with E-state index >= 15 is 0 Å². The number of hydrogen-bond donors (Lipinski definition) is 0. The molecule has 0 aromatic heterocycles. The van der Waals surface area contributed by atoms with Gasteiger partial charge in [0.05, 0.1) is 12.5 Å². The van der Waals surface area contributed by atoms with Crippen molar-refractivity contribution in [3.63, 3.8) is 0 Å². The van der Waals surface area contributed by atoms with Gasteiger partial charge in [0.25, 0.3) is 0 Å². The molecule has 12 heavy (non-hydrogen) atoms. The van der Waals surface area contributed by atoms with Crippen LogP contribution in [0.1, 0.15) is 13.8 Å². The summed E-state index contributed by atoms with van der Waals surface area (Å²) in [5.41, 5.74) is 0. The summed E-state index contributed by atoms with van der Waals surface area (Å²) >= 11 is 0. The summed E-state index contributed by atoms with van der Waals surface area (Å²) < 4.78 is 9.75. The van der Waals surface area contributed by atoms with Crippen molar-refractivity contribution in [3.8, 4) is 0 Å². The van der Waals surface area contributed by atoms with Crippen molar-refractivity contribution < 1.29 is 14.3 Å². The van der Waals surface area contributed by atoms with Gasteiger partial charge in [-0.15, -0.1) is 0 Å². The smallest absolute Gasteiger partial charge is 0.309 e. The van der Waals surface area contributed by atoms with Gasteiger partial charge in [-0.05, 0) is 11.8 Å². The van der Waals surface area contributed by atoms with E-state index in [-0.39, 0.29) is 11.9 Å². The number of ether oxygens (including phenoxy) is 2. The summed E-state index contributed by atoms with van der Waals surface area (Å²) in [5.74, 6) is 1.08. The van der Waals surface area contributed by atoms with Crippen molar-refractivity contribution >= 4 is 5.97 Å². The Kier molecular flexibility index (Phi) is 3.09. The number of carbonyl (C=O) groups excluding carboxylic acids is 1. The second-order valence-electron chi connectivity index (χ2n) is 3.40. The molecule has 0 radical (unpaired) electrons. The highest BCUT2D eigenvalue weighted by Crippen LogP contribution is 2.45. The van der Waals surface area contributed by atoms with Crippen LogP contribution in [0.15, 0.2) is 0 Å². The predicted molar refractivity (Wildman–Crippen MR) is 44.7 cm³/mol. The molecule has 0 N–H and O–H groups in total. The first kappa shape index (κ1) is 9.52. The molecule has 0 aromatic rings. The van der Waals surface area contributed by atoms with Crippen LogP contribution in [0.3, 0.4) is 0 Å². The summed E-state index contributed by atoms with van der Waals surface area (Å²) in [6.07, 6.45) is 0. The number of rotatable bonds is 4. The zero-order valence-corrected chi connectivity index (χ0v) is 7.87. The average molecular weight is 172 g/mol. The molecule has 0 aliphatic heterocycles.